The summed E-state index contributed by atoms with van der Waals surface area (Å²) in [5.74, 6) is 0.522. The number of halogens is 1. The van der Waals surface area contributed by atoms with Crippen LogP contribution in [0.1, 0.15) is 30.1 Å². The van der Waals surface area contributed by atoms with Gasteiger partial charge in [-0.15, -0.1) is 12.4 Å². The van der Waals surface area contributed by atoms with Crippen molar-refractivity contribution in [3.05, 3.63) is 29.8 Å². The Bertz CT molecular complexity index is 677. The number of Topliss-reactive ketones (excluding diaryl/α,β-unsaturated/α-hetero) is 1. The molecule has 0 radical (unpaired) electrons. The fourth-order valence-electron chi connectivity index (χ4n) is 3.49. The normalized spacial score (nSPS) is 28.2. The van der Waals surface area contributed by atoms with Crippen LogP contribution in [-0.4, -0.2) is 37.6 Å². The number of sulfonamides is 1. The van der Waals surface area contributed by atoms with Gasteiger partial charge in [-0.3, -0.25) is 4.79 Å². The van der Waals surface area contributed by atoms with Crippen LogP contribution in [-0.2, 0) is 10.0 Å². The highest BCUT2D eigenvalue weighted by Gasteiger charge is 2.45. The number of ketones is 1. The van der Waals surface area contributed by atoms with E-state index in [1.807, 2.05) is 0 Å². The summed E-state index contributed by atoms with van der Waals surface area (Å²) in [6.07, 6.45) is 1.99. The van der Waals surface area contributed by atoms with Gasteiger partial charge >= 0.3 is 0 Å². The molecule has 2 N–H and O–H groups in total. The molecule has 1 aliphatic heterocycles. The Morgan fingerprint density at radius 3 is 2.64 bits per heavy atom. The Kier molecular flexibility index (Phi) is 4.96. The second-order valence-corrected chi connectivity index (χ2v) is 8.01. The summed E-state index contributed by atoms with van der Waals surface area (Å²) in [7, 11) is -3.53. The summed E-state index contributed by atoms with van der Waals surface area (Å²) in [4.78, 5) is 11.6. The van der Waals surface area contributed by atoms with E-state index in [9.17, 15) is 13.2 Å². The van der Waals surface area contributed by atoms with E-state index in [-0.39, 0.29) is 35.0 Å². The Labute approximate surface area is 137 Å². The van der Waals surface area contributed by atoms with Gasteiger partial charge < -0.3 is 5.73 Å². The van der Waals surface area contributed by atoms with Gasteiger partial charge in [0.1, 0.15) is 0 Å². The van der Waals surface area contributed by atoms with Crippen LogP contribution in [0.4, 0.5) is 0 Å². The molecule has 2 fully saturated rings. The van der Waals surface area contributed by atoms with Gasteiger partial charge in [-0.05, 0) is 43.7 Å². The number of carbonyl (C=O) groups excluding carboxylic acids is 1. The molecule has 2 aliphatic rings. The Hall–Kier alpha value is -0.950. The van der Waals surface area contributed by atoms with Gasteiger partial charge in [0.25, 0.3) is 0 Å². The fourth-order valence-corrected chi connectivity index (χ4v) is 5.07. The minimum Gasteiger partial charge on any atom is -0.327 e. The summed E-state index contributed by atoms with van der Waals surface area (Å²) in [5, 5.41) is 0. The zero-order chi connectivity index (χ0) is 15.2. The molecular formula is C15H21ClN2O3S. The number of carbonyl (C=O) groups is 1. The number of fused-ring (bicyclic) bond motifs is 1. The van der Waals surface area contributed by atoms with Crippen LogP contribution in [0.25, 0.3) is 0 Å². The van der Waals surface area contributed by atoms with E-state index >= 15 is 0 Å². The maximum Gasteiger partial charge on any atom is 0.243 e. The minimum atomic E-state index is -3.53. The van der Waals surface area contributed by atoms with Gasteiger partial charge in [-0.1, -0.05) is 12.1 Å². The van der Waals surface area contributed by atoms with Crippen molar-refractivity contribution < 1.29 is 13.2 Å². The lowest BCUT2D eigenvalue weighted by Crippen LogP contribution is -2.33. The fraction of sp³-hybridized carbons (Fsp3) is 0.533. The Morgan fingerprint density at radius 2 is 2.00 bits per heavy atom. The predicted octanol–water partition coefficient (Wildman–Crippen LogP) is 1.67. The molecule has 5 nitrogen and oxygen atoms in total. The third kappa shape index (κ3) is 2.93. The molecule has 0 bridgehead atoms. The Morgan fingerprint density at radius 1 is 1.27 bits per heavy atom. The quantitative estimate of drug-likeness (QED) is 0.846. The van der Waals surface area contributed by atoms with E-state index in [4.69, 9.17) is 5.73 Å². The molecule has 1 saturated carbocycles. The first-order valence-corrected chi connectivity index (χ1v) is 8.70. The number of benzene rings is 1. The zero-order valence-corrected chi connectivity index (χ0v) is 14.1. The second-order valence-electron chi connectivity index (χ2n) is 6.07. The molecular weight excluding hydrogens is 324 g/mol. The molecule has 1 aromatic carbocycles. The standard InChI is InChI=1S/C15H20N2O3S.ClH/c1-10(18)11-3-2-4-13(7-11)21(19,20)17-8-12-5-6-15(16)14(12)9-17;/h2-4,7,12,14-15H,5-6,8-9,16H2,1H3;1H. The third-order valence-electron chi connectivity index (χ3n) is 4.76. The lowest BCUT2D eigenvalue weighted by molar-refractivity contribution is 0.101. The van der Waals surface area contributed by atoms with E-state index in [0.29, 0.717) is 24.6 Å². The maximum absolute atomic E-state index is 12.7. The number of hydrogen-bond acceptors (Lipinski definition) is 4. The van der Waals surface area contributed by atoms with Gasteiger partial charge in [0.15, 0.2) is 5.78 Å². The van der Waals surface area contributed by atoms with E-state index in [1.54, 1.807) is 18.2 Å². The van der Waals surface area contributed by atoms with Crippen molar-refractivity contribution in [1.29, 1.82) is 0 Å². The van der Waals surface area contributed by atoms with Crippen molar-refractivity contribution in [2.45, 2.75) is 30.7 Å². The number of nitrogens with zero attached hydrogens (tertiary/aromatic N) is 1. The highest BCUT2D eigenvalue weighted by molar-refractivity contribution is 7.89. The van der Waals surface area contributed by atoms with Crippen LogP contribution in [0.2, 0.25) is 0 Å². The summed E-state index contributed by atoms with van der Waals surface area (Å²) >= 11 is 0. The highest BCUT2D eigenvalue weighted by Crippen LogP contribution is 2.39. The molecule has 122 valence electrons. The molecule has 3 rings (SSSR count). The van der Waals surface area contributed by atoms with Crippen LogP contribution in [0.3, 0.4) is 0 Å². The number of rotatable bonds is 3. The lowest BCUT2D eigenvalue weighted by Gasteiger charge is -2.18. The number of hydrogen-bond donors (Lipinski definition) is 1. The monoisotopic (exact) mass is 344 g/mol. The lowest BCUT2D eigenvalue weighted by atomic mass is 9.98. The first kappa shape index (κ1) is 17.4. The smallest absolute Gasteiger partial charge is 0.243 e. The van der Waals surface area contributed by atoms with Gasteiger partial charge in [-0.2, -0.15) is 4.31 Å². The zero-order valence-electron chi connectivity index (χ0n) is 12.4. The average molecular weight is 345 g/mol. The van der Waals surface area contributed by atoms with Crippen LogP contribution in [0, 0.1) is 11.8 Å². The van der Waals surface area contributed by atoms with E-state index in [2.05, 4.69) is 0 Å². The van der Waals surface area contributed by atoms with Crippen molar-refractivity contribution in [2.75, 3.05) is 13.1 Å². The first-order chi connectivity index (χ1) is 9.89. The van der Waals surface area contributed by atoms with Crippen LogP contribution in [0.15, 0.2) is 29.2 Å². The molecule has 3 unspecified atom stereocenters. The molecule has 3 atom stereocenters. The molecule has 1 aromatic rings. The molecule has 0 amide bonds. The van der Waals surface area contributed by atoms with Crippen molar-refractivity contribution in [3.8, 4) is 0 Å². The largest absolute Gasteiger partial charge is 0.327 e. The van der Waals surface area contributed by atoms with E-state index in [0.717, 1.165) is 12.8 Å². The van der Waals surface area contributed by atoms with Crippen LogP contribution in [0.5, 0.6) is 0 Å². The highest BCUT2D eigenvalue weighted by atomic mass is 35.5. The first-order valence-electron chi connectivity index (χ1n) is 7.26. The summed E-state index contributed by atoms with van der Waals surface area (Å²) in [5.41, 5.74) is 6.49. The van der Waals surface area contributed by atoms with E-state index in [1.165, 1.54) is 17.3 Å². The van der Waals surface area contributed by atoms with E-state index < -0.39 is 10.0 Å². The second kappa shape index (κ2) is 6.28. The minimum absolute atomic E-state index is 0. The maximum atomic E-state index is 12.7. The topological polar surface area (TPSA) is 80.5 Å². The summed E-state index contributed by atoms with van der Waals surface area (Å²) in [6, 6.07) is 6.38. The van der Waals surface area contributed by atoms with Crippen molar-refractivity contribution in [3.63, 3.8) is 0 Å². The third-order valence-corrected chi connectivity index (χ3v) is 6.58. The molecule has 1 heterocycles. The summed E-state index contributed by atoms with van der Waals surface area (Å²) in [6.45, 7) is 2.48. The van der Waals surface area contributed by atoms with Gasteiger partial charge in [0.2, 0.25) is 10.0 Å². The van der Waals surface area contributed by atoms with Crippen LogP contribution < -0.4 is 5.73 Å². The van der Waals surface area contributed by atoms with Crippen LogP contribution >= 0.6 is 12.4 Å². The van der Waals surface area contributed by atoms with Crippen molar-refractivity contribution in [1.82, 2.24) is 4.31 Å². The molecule has 22 heavy (non-hydrogen) atoms. The summed E-state index contributed by atoms with van der Waals surface area (Å²) < 4.78 is 27.0. The van der Waals surface area contributed by atoms with Gasteiger partial charge in [0.05, 0.1) is 4.90 Å². The molecule has 0 spiro atoms. The molecule has 1 aliphatic carbocycles. The van der Waals surface area contributed by atoms with Crippen molar-refractivity contribution in [2.24, 2.45) is 17.6 Å². The van der Waals surface area contributed by atoms with Crippen molar-refractivity contribution >= 4 is 28.2 Å². The predicted molar refractivity (Wildman–Crippen MR) is 86.6 cm³/mol. The molecule has 7 heteroatoms. The SMILES string of the molecule is CC(=O)c1cccc(S(=O)(=O)N2CC3CCC(N)C3C2)c1.Cl. The molecule has 0 aromatic heterocycles. The van der Waals surface area contributed by atoms with Gasteiger partial charge in [0, 0.05) is 24.7 Å². The average Bonchev–Trinajstić information content (AvgIpc) is 3.02. The Balaban J connectivity index is 0.00000176. The number of nitrogens with two attached hydrogens (primary N) is 1. The molecule has 1 saturated heterocycles. The van der Waals surface area contributed by atoms with Gasteiger partial charge in [-0.25, -0.2) is 8.42 Å².